The molecule has 180 valence electrons. The van der Waals surface area contributed by atoms with Crippen molar-refractivity contribution in [3.63, 3.8) is 0 Å². The summed E-state index contributed by atoms with van der Waals surface area (Å²) in [5.41, 5.74) is 5.39. The Balaban J connectivity index is 1.57. The van der Waals surface area contributed by atoms with Crippen LogP contribution in [0.15, 0.2) is 52.7 Å². The Hall–Kier alpha value is -3.73. The van der Waals surface area contributed by atoms with Crippen molar-refractivity contribution in [3.8, 4) is 11.5 Å². The largest absolute Gasteiger partial charge is 0.493 e. The van der Waals surface area contributed by atoms with Crippen molar-refractivity contribution >= 4 is 35.4 Å². The van der Waals surface area contributed by atoms with Crippen LogP contribution in [0, 0.1) is 0 Å². The molecule has 0 radical (unpaired) electrons. The highest BCUT2D eigenvalue weighted by molar-refractivity contribution is 7.99. The number of ether oxygens (including phenoxy) is 2. The zero-order valence-corrected chi connectivity index (χ0v) is 20.5. The number of hydrogen-bond acceptors (Lipinski definition) is 10. The molecule has 3 aromatic rings. The first kappa shape index (κ1) is 24.9. The number of carbonyl (C=O) groups excluding carboxylic acids is 1. The molecule has 11 heteroatoms. The Morgan fingerprint density at radius 3 is 2.47 bits per heavy atom. The lowest BCUT2D eigenvalue weighted by Gasteiger charge is -2.20. The van der Waals surface area contributed by atoms with Gasteiger partial charge in [-0.1, -0.05) is 23.9 Å². The molecule has 1 heterocycles. The topological polar surface area (TPSA) is 120 Å². The lowest BCUT2D eigenvalue weighted by molar-refractivity contribution is 0.102. The number of methoxy groups -OCH3 is 2. The number of nitrogens with two attached hydrogens (primary N) is 1. The summed E-state index contributed by atoms with van der Waals surface area (Å²) in [4.78, 5) is 14.8. The molecule has 0 fully saturated rings. The van der Waals surface area contributed by atoms with Crippen LogP contribution in [-0.2, 0) is 0 Å². The van der Waals surface area contributed by atoms with E-state index in [4.69, 9.17) is 15.3 Å². The summed E-state index contributed by atoms with van der Waals surface area (Å²) in [6, 6.07) is 13.1. The van der Waals surface area contributed by atoms with Gasteiger partial charge in [-0.15, -0.1) is 10.2 Å². The normalized spacial score (nSPS) is 10.9. The van der Waals surface area contributed by atoms with Crippen LogP contribution in [0.2, 0.25) is 0 Å². The fourth-order valence-electron chi connectivity index (χ4n) is 3.20. The highest BCUT2D eigenvalue weighted by atomic mass is 32.2. The number of anilines is 2. The van der Waals surface area contributed by atoms with Gasteiger partial charge in [-0.25, -0.2) is 10.1 Å². The number of ketones is 1. The average Bonchev–Trinajstić information content (AvgIpc) is 3.22. The van der Waals surface area contributed by atoms with Gasteiger partial charge in [-0.05, 0) is 49.7 Å². The van der Waals surface area contributed by atoms with E-state index in [-0.39, 0.29) is 17.5 Å². The first-order valence-corrected chi connectivity index (χ1v) is 11.7. The summed E-state index contributed by atoms with van der Waals surface area (Å²) in [5, 5.41) is 12.6. The quantitative estimate of drug-likeness (QED) is 0.131. The number of benzene rings is 2. The smallest absolute Gasteiger partial charge is 0.264 e. The second-order valence-corrected chi connectivity index (χ2v) is 8.03. The third kappa shape index (κ3) is 5.98. The second kappa shape index (κ2) is 11.9. The van der Waals surface area contributed by atoms with Gasteiger partial charge in [0.25, 0.3) is 5.95 Å². The molecule has 3 N–H and O–H groups in total. The Morgan fingerprint density at radius 1 is 1.12 bits per heavy atom. The van der Waals surface area contributed by atoms with Crippen LogP contribution < -0.4 is 25.6 Å². The Morgan fingerprint density at radius 2 is 1.82 bits per heavy atom. The molecule has 0 aliphatic rings. The maximum atomic E-state index is 12.6. The minimum Gasteiger partial charge on any atom is -0.493 e. The maximum Gasteiger partial charge on any atom is 0.264 e. The fraction of sp³-hybridized carbons (Fsp3) is 0.304. The predicted molar refractivity (Wildman–Crippen MR) is 136 cm³/mol. The van der Waals surface area contributed by atoms with Crippen molar-refractivity contribution in [2.24, 2.45) is 5.10 Å². The number of Topliss-reactive ketones (excluding diaryl/α,β-unsaturated/α-hetero) is 1. The minimum atomic E-state index is -0.102. The van der Waals surface area contributed by atoms with Gasteiger partial charge in [-0.3, -0.25) is 4.79 Å². The lowest BCUT2D eigenvalue weighted by Crippen LogP contribution is -2.21. The van der Waals surface area contributed by atoms with Crippen molar-refractivity contribution in [2.75, 3.05) is 49.2 Å². The van der Waals surface area contributed by atoms with E-state index in [1.807, 2.05) is 12.1 Å². The number of nitrogens with zero attached hydrogens (tertiary/aromatic N) is 5. The lowest BCUT2D eigenvalue weighted by atomic mass is 10.1. The molecule has 10 nitrogen and oxygen atoms in total. The van der Waals surface area contributed by atoms with Crippen molar-refractivity contribution in [1.82, 2.24) is 14.9 Å². The molecule has 0 spiro atoms. The number of aromatic nitrogens is 3. The Kier molecular flexibility index (Phi) is 8.74. The van der Waals surface area contributed by atoms with Gasteiger partial charge in [0.2, 0.25) is 5.16 Å². The molecule has 1 aromatic heterocycles. The zero-order valence-electron chi connectivity index (χ0n) is 19.7. The number of thioether (sulfide) groups is 1. The van der Waals surface area contributed by atoms with E-state index in [1.54, 1.807) is 31.5 Å². The van der Waals surface area contributed by atoms with Crippen molar-refractivity contribution in [3.05, 3.63) is 53.6 Å². The first-order valence-electron chi connectivity index (χ1n) is 10.7. The summed E-state index contributed by atoms with van der Waals surface area (Å²) >= 11 is 1.18. The van der Waals surface area contributed by atoms with Gasteiger partial charge in [0, 0.05) is 24.3 Å². The van der Waals surface area contributed by atoms with Gasteiger partial charge in [0.05, 0.1) is 26.2 Å². The molecule has 2 aromatic carbocycles. The Labute approximate surface area is 203 Å². The van der Waals surface area contributed by atoms with Crippen molar-refractivity contribution < 1.29 is 14.3 Å². The van der Waals surface area contributed by atoms with Gasteiger partial charge in [0.15, 0.2) is 17.3 Å². The van der Waals surface area contributed by atoms with E-state index >= 15 is 0 Å². The predicted octanol–water partition coefficient (Wildman–Crippen LogP) is 3.28. The van der Waals surface area contributed by atoms with E-state index in [0.717, 1.165) is 18.7 Å². The highest BCUT2D eigenvalue weighted by Crippen LogP contribution is 2.28. The second-order valence-electron chi connectivity index (χ2n) is 7.09. The van der Waals surface area contributed by atoms with E-state index in [0.29, 0.717) is 22.2 Å². The molecule has 0 atom stereocenters. The number of hydrazone groups is 1. The molecule has 0 bridgehead atoms. The number of nitrogens with one attached hydrogen (secondary N) is 1. The standard InChI is InChI=1S/C23H29N7O3S/c1-5-29(6-2)18-10-7-16(8-11-18)14-25-26-22-27-28-23(30(22)24)34-15-19(31)17-9-12-20(32-3)21(13-17)33-4/h7-14H,5-6,15,24H2,1-4H3,(H,26,27)/b25-14+. The summed E-state index contributed by atoms with van der Waals surface area (Å²) in [7, 11) is 3.07. The zero-order chi connectivity index (χ0) is 24.5. The van der Waals surface area contributed by atoms with E-state index in [1.165, 1.54) is 29.2 Å². The van der Waals surface area contributed by atoms with Crippen LogP contribution >= 0.6 is 11.8 Å². The summed E-state index contributed by atoms with van der Waals surface area (Å²) in [6.45, 7) is 6.17. The maximum absolute atomic E-state index is 12.6. The molecule has 0 saturated heterocycles. The number of hydrogen-bond donors (Lipinski definition) is 2. The van der Waals surface area contributed by atoms with Gasteiger partial charge >= 0.3 is 0 Å². The SMILES string of the molecule is CCN(CC)c1ccc(/C=N/Nc2nnc(SCC(=O)c3ccc(OC)c(OC)c3)n2N)cc1. The molecular formula is C23H29N7O3S. The van der Waals surface area contributed by atoms with Crippen LogP contribution in [-0.4, -0.2) is 59.9 Å². The summed E-state index contributed by atoms with van der Waals surface area (Å²) in [5.74, 6) is 7.40. The molecular weight excluding hydrogens is 454 g/mol. The van der Waals surface area contributed by atoms with Crippen molar-refractivity contribution in [2.45, 2.75) is 19.0 Å². The first-order chi connectivity index (χ1) is 16.5. The molecule has 0 saturated carbocycles. The third-order valence-corrected chi connectivity index (χ3v) is 6.05. The van der Waals surface area contributed by atoms with Crippen molar-refractivity contribution in [1.29, 1.82) is 0 Å². The van der Waals surface area contributed by atoms with Gasteiger partial charge in [0.1, 0.15) is 0 Å². The molecule has 3 rings (SSSR count). The average molecular weight is 484 g/mol. The van der Waals surface area contributed by atoms with Crippen LogP contribution in [0.25, 0.3) is 0 Å². The summed E-state index contributed by atoms with van der Waals surface area (Å²) < 4.78 is 11.7. The van der Waals surface area contributed by atoms with E-state index in [9.17, 15) is 4.79 Å². The van der Waals surface area contributed by atoms with Crippen LogP contribution in [0.5, 0.6) is 11.5 Å². The van der Waals surface area contributed by atoms with E-state index < -0.39 is 0 Å². The third-order valence-electron chi connectivity index (χ3n) is 5.10. The fourth-order valence-corrected chi connectivity index (χ4v) is 3.95. The Bertz CT molecular complexity index is 1130. The molecule has 0 aliphatic carbocycles. The number of carbonyl (C=O) groups is 1. The van der Waals surface area contributed by atoms with Gasteiger partial charge in [-0.2, -0.15) is 5.10 Å². The molecule has 0 amide bonds. The number of nitrogen functional groups attached to an aromatic ring is 1. The highest BCUT2D eigenvalue weighted by Gasteiger charge is 2.15. The minimum absolute atomic E-state index is 0.102. The summed E-state index contributed by atoms with van der Waals surface area (Å²) in [6.07, 6.45) is 1.67. The van der Waals surface area contributed by atoms with Crippen LogP contribution in [0.4, 0.5) is 11.6 Å². The molecule has 34 heavy (non-hydrogen) atoms. The van der Waals surface area contributed by atoms with Gasteiger partial charge < -0.3 is 20.2 Å². The van der Waals surface area contributed by atoms with E-state index in [2.05, 4.69) is 51.6 Å². The van der Waals surface area contributed by atoms with Crippen LogP contribution in [0.1, 0.15) is 29.8 Å². The van der Waals surface area contributed by atoms with Crippen LogP contribution in [0.3, 0.4) is 0 Å². The number of rotatable bonds is 12. The monoisotopic (exact) mass is 483 g/mol. The molecule has 0 unspecified atom stereocenters. The molecule has 0 aliphatic heterocycles.